The summed E-state index contributed by atoms with van der Waals surface area (Å²) in [5.74, 6) is -1.61. The second-order valence-corrected chi connectivity index (χ2v) is 6.64. The number of hydrogen-bond acceptors (Lipinski definition) is 2. The minimum Gasteiger partial charge on any atom is -0.369 e. The van der Waals surface area contributed by atoms with Gasteiger partial charge in [0, 0.05) is 18.4 Å². The average Bonchev–Trinajstić information content (AvgIpc) is 2.44. The molecule has 0 N–H and O–H groups in total. The Morgan fingerprint density at radius 3 is 2.20 bits per heavy atom. The molecule has 1 saturated heterocycles. The Bertz CT molecular complexity index is 515. The van der Waals surface area contributed by atoms with Gasteiger partial charge in [0.05, 0.1) is 11.2 Å². The van der Waals surface area contributed by atoms with Crippen molar-refractivity contribution in [1.82, 2.24) is 0 Å². The number of benzene rings is 1. The van der Waals surface area contributed by atoms with E-state index in [1.165, 1.54) is 12.1 Å². The Labute approximate surface area is 118 Å². The second-order valence-electron chi connectivity index (χ2n) is 6.64. The SMILES string of the molecule is CC1(C)CC(C(=O)Cc2cc(F)cc(F)c2)C(C)(C)O1. The molecule has 0 radical (unpaired) electrons. The fourth-order valence-electron chi connectivity index (χ4n) is 3.10. The van der Waals surface area contributed by atoms with Crippen LogP contribution in [-0.4, -0.2) is 17.0 Å². The van der Waals surface area contributed by atoms with Crippen LogP contribution in [0.25, 0.3) is 0 Å². The molecule has 2 nitrogen and oxygen atoms in total. The van der Waals surface area contributed by atoms with Gasteiger partial charge >= 0.3 is 0 Å². The van der Waals surface area contributed by atoms with Crippen molar-refractivity contribution in [1.29, 1.82) is 0 Å². The van der Waals surface area contributed by atoms with Crippen molar-refractivity contribution >= 4 is 5.78 Å². The molecule has 0 amide bonds. The van der Waals surface area contributed by atoms with Gasteiger partial charge in [-0.25, -0.2) is 8.78 Å². The van der Waals surface area contributed by atoms with Crippen LogP contribution in [0.3, 0.4) is 0 Å². The van der Waals surface area contributed by atoms with Crippen molar-refractivity contribution in [3.63, 3.8) is 0 Å². The molecule has 1 aromatic carbocycles. The van der Waals surface area contributed by atoms with E-state index in [0.29, 0.717) is 12.0 Å². The summed E-state index contributed by atoms with van der Waals surface area (Å²) in [6.07, 6.45) is 0.652. The first kappa shape index (κ1) is 15.1. The molecule has 1 aliphatic rings. The van der Waals surface area contributed by atoms with E-state index in [0.717, 1.165) is 6.07 Å². The van der Waals surface area contributed by atoms with Crippen LogP contribution in [0.5, 0.6) is 0 Å². The highest BCUT2D eigenvalue weighted by molar-refractivity contribution is 5.84. The molecule has 2 rings (SSSR count). The van der Waals surface area contributed by atoms with Crippen LogP contribution in [0, 0.1) is 17.6 Å². The highest BCUT2D eigenvalue weighted by Gasteiger charge is 2.48. The predicted molar refractivity (Wildman–Crippen MR) is 72.4 cm³/mol. The molecule has 1 atom stereocenters. The zero-order valence-electron chi connectivity index (χ0n) is 12.3. The number of hydrogen-bond donors (Lipinski definition) is 0. The summed E-state index contributed by atoms with van der Waals surface area (Å²) >= 11 is 0. The van der Waals surface area contributed by atoms with Gasteiger partial charge in [-0.05, 0) is 51.8 Å². The van der Waals surface area contributed by atoms with E-state index < -0.39 is 17.2 Å². The normalized spacial score (nSPS) is 23.8. The third-order valence-electron chi connectivity index (χ3n) is 3.76. The van der Waals surface area contributed by atoms with Crippen molar-refractivity contribution in [2.75, 3.05) is 0 Å². The van der Waals surface area contributed by atoms with E-state index in [2.05, 4.69) is 0 Å². The highest BCUT2D eigenvalue weighted by atomic mass is 19.1. The summed E-state index contributed by atoms with van der Waals surface area (Å²) in [6.45, 7) is 7.67. The maximum atomic E-state index is 13.2. The number of carbonyl (C=O) groups excluding carboxylic acids is 1. The third-order valence-corrected chi connectivity index (χ3v) is 3.76. The van der Waals surface area contributed by atoms with Crippen LogP contribution < -0.4 is 0 Å². The van der Waals surface area contributed by atoms with Crippen molar-refractivity contribution in [2.45, 2.75) is 51.7 Å². The van der Waals surface area contributed by atoms with Crippen molar-refractivity contribution < 1.29 is 18.3 Å². The van der Waals surface area contributed by atoms with E-state index in [1.807, 2.05) is 27.7 Å². The van der Waals surface area contributed by atoms with Gasteiger partial charge in [-0.1, -0.05) is 0 Å². The minimum atomic E-state index is -0.657. The highest BCUT2D eigenvalue weighted by Crippen LogP contribution is 2.42. The summed E-state index contributed by atoms with van der Waals surface area (Å²) in [4.78, 5) is 12.4. The lowest BCUT2D eigenvalue weighted by molar-refractivity contribution is -0.128. The molecule has 1 fully saturated rings. The van der Waals surface area contributed by atoms with Gasteiger partial charge in [-0.3, -0.25) is 4.79 Å². The first-order valence-corrected chi connectivity index (χ1v) is 6.77. The largest absolute Gasteiger partial charge is 0.369 e. The lowest BCUT2D eigenvalue weighted by Crippen LogP contribution is -2.34. The lowest BCUT2D eigenvalue weighted by Gasteiger charge is -2.26. The summed E-state index contributed by atoms with van der Waals surface area (Å²) in [5.41, 5.74) is -0.531. The van der Waals surface area contributed by atoms with Crippen molar-refractivity contribution in [3.8, 4) is 0 Å². The Balaban J connectivity index is 2.16. The van der Waals surface area contributed by atoms with Crippen LogP contribution >= 0.6 is 0 Å². The molecule has 1 aromatic rings. The molecule has 0 aromatic heterocycles. The van der Waals surface area contributed by atoms with Gasteiger partial charge in [0.25, 0.3) is 0 Å². The minimum absolute atomic E-state index is 0.0300. The quantitative estimate of drug-likeness (QED) is 0.845. The van der Waals surface area contributed by atoms with Crippen molar-refractivity contribution in [3.05, 3.63) is 35.4 Å². The lowest BCUT2D eigenvalue weighted by atomic mass is 9.82. The number of Topliss-reactive ketones (excluding diaryl/α,β-unsaturated/α-hetero) is 1. The van der Waals surface area contributed by atoms with Crippen LogP contribution in [0.15, 0.2) is 18.2 Å². The first-order valence-electron chi connectivity index (χ1n) is 6.77. The number of ketones is 1. The summed E-state index contributed by atoms with van der Waals surface area (Å²) < 4.78 is 32.2. The summed E-state index contributed by atoms with van der Waals surface area (Å²) in [7, 11) is 0. The zero-order valence-corrected chi connectivity index (χ0v) is 12.3. The second kappa shape index (κ2) is 4.92. The summed E-state index contributed by atoms with van der Waals surface area (Å²) in [5, 5.41) is 0. The molecule has 4 heteroatoms. The predicted octanol–water partition coefficient (Wildman–Crippen LogP) is 3.67. The zero-order chi connectivity index (χ0) is 15.1. The van der Waals surface area contributed by atoms with Gasteiger partial charge < -0.3 is 4.74 Å². The van der Waals surface area contributed by atoms with Crippen LogP contribution in [0.4, 0.5) is 8.78 Å². The number of ether oxygens (including phenoxy) is 1. The first-order chi connectivity index (χ1) is 9.09. The molecular formula is C16H20F2O2. The molecule has 1 heterocycles. The Morgan fingerprint density at radius 1 is 1.20 bits per heavy atom. The summed E-state index contributed by atoms with van der Waals surface area (Å²) in [6, 6.07) is 3.21. The van der Waals surface area contributed by atoms with Gasteiger partial charge in [0.15, 0.2) is 0 Å². The Morgan fingerprint density at radius 2 is 1.75 bits per heavy atom. The van der Waals surface area contributed by atoms with E-state index >= 15 is 0 Å². The maximum Gasteiger partial charge on any atom is 0.143 e. The van der Waals surface area contributed by atoms with Gasteiger partial charge in [0.1, 0.15) is 17.4 Å². The van der Waals surface area contributed by atoms with Gasteiger partial charge in [-0.15, -0.1) is 0 Å². The smallest absolute Gasteiger partial charge is 0.143 e. The Hall–Kier alpha value is -1.29. The molecular weight excluding hydrogens is 262 g/mol. The molecule has 110 valence electrons. The molecule has 0 saturated carbocycles. The Kier molecular flexibility index (Phi) is 3.71. The van der Waals surface area contributed by atoms with Crippen LogP contribution in [0.1, 0.15) is 39.7 Å². The van der Waals surface area contributed by atoms with Crippen LogP contribution in [-0.2, 0) is 16.0 Å². The third kappa shape index (κ3) is 3.23. The fourth-order valence-corrected chi connectivity index (χ4v) is 3.10. The molecule has 1 unspecified atom stereocenters. The van der Waals surface area contributed by atoms with Gasteiger partial charge in [-0.2, -0.15) is 0 Å². The van der Waals surface area contributed by atoms with Gasteiger partial charge in [0.2, 0.25) is 0 Å². The van der Waals surface area contributed by atoms with Crippen LogP contribution in [0.2, 0.25) is 0 Å². The standard InChI is InChI=1S/C16H20F2O2/c1-15(2)9-13(16(3,4)20-15)14(19)7-10-5-11(17)8-12(18)6-10/h5-6,8,13H,7,9H2,1-4H3. The fraction of sp³-hybridized carbons (Fsp3) is 0.562. The van der Waals surface area contributed by atoms with Crippen molar-refractivity contribution in [2.24, 2.45) is 5.92 Å². The van der Waals surface area contributed by atoms with E-state index in [1.54, 1.807) is 0 Å². The topological polar surface area (TPSA) is 26.3 Å². The number of halogens is 2. The van der Waals surface area contributed by atoms with E-state index in [4.69, 9.17) is 4.74 Å². The molecule has 1 aliphatic heterocycles. The maximum absolute atomic E-state index is 13.2. The van der Waals surface area contributed by atoms with E-state index in [-0.39, 0.29) is 23.7 Å². The molecule has 20 heavy (non-hydrogen) atoms. The number of carbonyl (C=O) groups is 1. The average molecular weight is 282 g/mol. The molecule has 0 bridgehead atoms. The van der Waals surface area contributed by atoms with E-state index in [9.17, 15) is 13.6 Å². The number of rotatable bonds is 3. The molecule has 0 aliphatic carbocycles. The monoisotopic (exact) mass is 282 g/mol. The molecule has 0 spiro atoms.